The minimum atomic E-state index is -1.02. The van der Waals surface area contributed by atoms with Gasteiger partial charge in [-0.2, -0.15) is 0 Å². The summed E-state index contributed by atoms with van der Waals surface area (Å²) in [6.07, 6.45) is 0. The fourth-order valence-electron chi connectivity index (χ4n) is 1.72. The van der Waals surface area contributed by atoms with Gasteiger partial charge in [0.05, 0.1) is 29.3 Å². The quantitative estimate of drug-likeness (QED) is 0.847. The van der Waals surface area contributed by atoms with E-state index in [-0.39, 0.29) is 0 Å². The Hall–Kier alpha value is -0.910. The Morgan fingerprint density at radius 2 is 2.21 bits per heavy atom. The minimum Gasteiger partial charge on any atom is -0.496 e. The molecule has 0 radical (unpaired) electrons. The van der Waals surface area contributed by atoms with Gasteiger partial charge >= 0.3 is 0 Å². The number of benzene rings is 1. The topological polar surface area (TPSA) is 39.2 Å². The van der Waals surface area contributed by atoms with Gasteiger partial charge in [-0.25, -0.2) is 4.98 Å². The third kappa shape index (κ3) is 4.03. The van der Waals surface area contributed by atoms with Crippen molar-refractivity contribution in [2.24, 2.45) is 0 Å². The molecule has 0 spiro atoms. The number of aryl methyl sites for hydroxylation is 1. The van der Waals surface area contributed by atoms with Crippen molar-refractivity contribution in [1.29, 1.82) is 0 Å². The fraction of sp³-hybridized carbons (Fsp3) is 0.308. The summed E-state index contributed by atoms with van der Waals surface area (Å²) in [4.78, 5) is 4.32. The maximum atomic E-state index is 12.1. The van der Waals surface area contributed by atoms with Crippen LogP contribution in [0.1, 0.15) is 16.3 Å². The average Bonchev–Trinajstić information content (AvgIpc) is 2.75. The van der Waals surface area contributed by atoms with Crippen LogP contribution in [0.2, 0.25) is 5.02 Å². The van der Waals surface area contributed by atoms with Crippen LogP contribution in [0, 0.1) is 6.92 Å². The normalized spacial score (nSPS) is 12.4. The molecule has 1 heterocycles. The van der Waals surface area contributed by atoms with Crippen LogP contribution < -0.4 is 4.74 Å². The van der Waals surface area contributed by atoms with Crippen LogP contribution in [0.25, 0.3) is 0 Å². The van der Waals surface area contributed by atoms with Gasteiger partial charge in [-0.05, 0) is 25.1 Å². The van der Waals surface area contributed by atoms with E-state index >= 15 is 0 Å². The van der Waals surface area contributed by atoms with Crippen molar-refractivity contribution in [3.63, 3.8) is 0 Å². The van der Waals surface area contributed by atoms with E-state index in [1.807, 2.05) is 12.3 Å². The standard InChI is InChI=1S/C13H14ClNO2S2/c1-9-15-12(6-18-9)8-19(16)7-10-5-11(14)3-4-13(10)17-2/h3-6H,7-8H2,1-2H3/t19-/m1/s1. The Balaban J connectivity index is 2.08. The Morgan fingerprint density at radius 1 is 1.42 bits per heavy atom. The maximum absolute atomic E-state index is 12.1. The third-order valence-electron chi connectivity index (χ3n) is 2.53. The van der Waals surface area contributed by atoms with E-state index in [4.69, 9.17) is 16.3 Å². The van der Waals surface area contributed by atoms with Gasteiger partial charge in [0.2, 0.25) is 0 Å². The molecule has 2 rings (SSSR count). The molecule has 0 aliphatic heterocycles. The molecule has 19 heavy (non-hydrogen) atoms. The predicted molar refractivity (Wildman–Crippen MR) is 80.4 cm³/mol. The van der Waals surface area contributed by atoms with E-state index in [1.165, 1.54) is 0 Å². The molecular weight excluding hydrogens is 302 g/mol. The zero-order valence-electron chi connectivity index (χ0n) is 10.7. The van der Waals surface area contributed by atoms with Gasteiger partial charge in [0.25, 0.3) is 0 Å². The number of hydrogen-bond acceptors (Lipinski definition) is 4. The van der Waals surface area contributed by atoms with Crippen LogP contribution >= 0.6 is 22.9 Å². The smallest absolute Gasteiger partial charge is 0.123 e. The highest BCUT2D eigenvalue weighted by atomic mass is 35.5. The number of aromatic nitrogens is 1. The van der Waals surface area contributed by atoms with Crippen LogP contribution in [0.3, 0.4) is 0 Å². The second-order valence-corrected chi connectivity index (χ2v) is 7.00. The number of methoxy groups -OCH3 is 1. The summed E-state index contributed by atoms with van der Waals surface area (Å²) in [5, 5.41) is 3.56. The number of hydrogen-bond donors (Lipinski definition) is 0. The van der Waals surface area contributed by atoms with E-state index in [0.717, 1.165) is 16.3 Å². The lowest BCUT2D eigenvalue weighted by molar-refractivity contribution is 0.411. The van der Waals surface area contributed by atoms with Crippen molar-refractivity contribution in [3.8, 4) is 5.75 Å². The van der Waals surface area contributed by atoms with Crippen molar-refractivity contribution in [2.75, 3.05) is 7.11 Å². The SMILES string of the molecule is COc1ccc(Cl)cc1C[S@@](=O)Cc1csc(C)n1. The Morgan fingerprint density at radius 3 is 2.84 bits per heavy atom. The highest BCUT2D eigenvalue weighted by Crippen LogP contribution is 2.24. The molecule has 1 aromatic heterocycles. The molecule has 0 unspecified atom stereocenters. The Bertz CT molecular complexity index is 598. The zero-order valence-corrected chi connectivity index (χ0v) is 13.1. The van der Waals surface area contributed by atoms with Crippen LogP contribution in [0.5, 0.6) is 5.75 Å². The molecule has 0 aliphatic carbocycles. The molecular formula is C13H14ClNO2S2. The summed E-state index contributed by atoms with van der Waals surface area (Å²) in [7, 11) is 0.573. The first kappa shape index (κ1) is 14.5. The van der Waals surface area contributed by atoms with E-state index < -0.39 is 10.8 Å². The Labute approximate surface area is 124 Å². The molecule has 2 aromatic rings. The van der Waals surface area contributed by atoms with E-state index in [1.54, 1.807) is 36.6 Å². The highest BCUT2D eigenvalue weighted by molar-refractivity contribution is 7.83. The van der Waals surface area contributed by atoms with Gasteiger partial charge in [-0.1, -0.05) is 11.6 Å². The van der Waals surface area contributed by atoms with Gasteiger partial charge in [-0.3, -0.25) is 4.21 Å². The molecule has 0 bridgehead atoms. The average molecular weight is 316 g/mol. The number of ether oxygens (including phenoxy) is 1. The second-order valence-electron chi connectivity index (χ2n) is 4.04. The molecule has 6 heteroatoms. The fourth-order valence-corrected chi connectivity index (χ4v) is 3.79. The van der Waals surface area contributed by atoms with E-state index in [2.05, 4.69) is 4.98 Å². The van der Waals surface area contributed by atoms with Crippen LogP contribution in [-0.4, -0.2) is 16.3 Å². The van der Waals surface area contributed by atoms with Crippen molar-refractivity contribution >= 4 is 33.7 Å². The molecule has 0 saturated carbocycles. The van der Waals surface area contributed by atoms with Crippen molar-refractivity contribution in [3.05, 3.63) is 44.9 Å². The van der Waals surface area contributed by atoms with E-state index in [0.29, 0.717) is 22.3 Å². The molecule has 0 aliphatic rings. The van der Waals surface area contributed by atoms with Gasteiger partial charge < -0.3 is 4.74 Å². The van der Waals surface area contributed by atoms with Crippen molar-refractivity contribution in [1.82, 2.24) is 4.98 Å². The van der Waals surface area contributed by atoms with Gasteiger partial charge in [-0.15, -0.1) is 11.3 Å². The number of nitrogens with zero attached hydrogens (tertiary/aromatic N) is 1. The predicted octanol–water partition coefficient (Wildman–Crippen LogP) is 3.56. The lowest BCUT2D eigenvalue weighted by Gasteiger charge is -2.08. The molecule has 0 fully saturated rings. The first-order chi connectivity index (χ1) is 9.08. The first-order valence-electron chi connectivity index (χ1n) is 5.67. The second kappa shape index (κ2) is 6.50. The van der Waals surface area contributed by atoms with Crippen LogP contribution in [-0.2, 0) is 22.3 Å². The summed E-state index contributed by atoms with van der Waals surface area (Å²) < 4.78 is 17.4. The molecule has 3 nitrogen and oxygen atoms in total. The first-order valence-corrected chi connectivity index (χ1v) is 8.41. The number of halogens is 1. The summed E-state index contributed by atoms with van der Waals surface area (Å²) >= 11 is 7.53. The summed E-state index contributed by atoms with van der Waals surface area (Å²) in [5.74, 6) is 1.59. The monoisotopic (exact) mass is 315 g/mol. The van der Waals surface area contributed by atoms with Gasteiger partial charge in [0.1, 0.15) is 5.75 Å². The molecule has 102 valence electrons. The molecule has 1 aromatic carbocycles. The molecule has 0 saturated heterocycles. The van der Waals surface area contributed by atoms with Crippen molar-refractivity contribution in [2.45, 2.75) is 18.4 Å². The maximum Gasteiger partial charge on any atom is 0.123 e. The largest absolute Gasteiger partial charge is 0.496 e. The third-order valence-corrected chi connectivity index (χ3v) is 4.84. The number of thiazole rings is 1. The van der Waals surface area contributed by atoms with Gasteiger partial charge in [0.15, 0.2) is 0 Å². The van der Waals surface area contributed by atoms with Crippen molar-refractivity contribution < 1.29 is 8.95 Å². The minimum absolute atomic E-state index is 0.417. The Kier molecular flexibility index (Phi) is 4.96. The molecule has 0 N–H and O–H groups in total. The summed E-state index contributed by atoms with van der Waals surface area (Å²) in [5.41, 5.74) is 1.74. The lowest BCUT2D eigenvalue weighted by atomic mass is 10.2. The molecule has 0 amide bonds. The summed E-state index contributed by atoms with van der Waals surface area (Å²) in [6.45, 7) is 1.94. The van der Waals surface area contributed by atoms with Crippen LogP contribution in [0.4, 0.5) is 0 Å². The number of rotatable bonds is 5. The van der Waals surface area contributed by atoms with Gasteiger partial charge in [0, 0.05) is 26.8 Å². The summed E-state index contributed by atoms with van der Waals surface area (Å²) in [6, 6.07) is 5.35. The van der Waals surface area contributed by atoms with Crippen LogP contribution in [0.15, 0.2) is 23.6 Å². The lowest BCUT2D eigenvalue weighted by Crippen LogP contribution is -2.02. The molecule has 1 atom stereocenters. The highest BCUT2D eigenvalue weighted by Gasteiger charge is 2.10. The van der Waals surface area contributed by atoms with E-state index in [9.17, 15) is 4.21 Å². The zero-order chi connectivity index (χ0) is 13.8.